The first-order valence-corrected chi connectivity index (χ1v) is 12.1. The number of nitrogen functional groups attached to an aromatic ring is 1. The number of aliphatic hydroxyl groups is 1. The van der Waals surface area contributed by atoms with E-state index in [1.54, 1.807) is 48.4 Å². The molecule has 1 saturated heterocycles. The van der Waals surface area contributed by atoms with E-state index < -0.39 is 17.7 Å². The number of carbonyl (C=O) groups is 2. The van der Waals surface area contributed by atoms with Gasteiger partial charge in [-0.25, -0.2) is 9.78 Å². The van der Waals surface area contributed by atoms with Crippen molar-refractivity contribution in [1.29, 1.82) is 0 Å². The van der Waals surface area contributed by atoms with E-state index in [1.807, 2.05) is 13.2 Å². The molecule has 194 valence electrons. The van der Waals surface area contributed by atoms with Crippen LogP contribution in [0.2, 0.25) is 0 Å². The number of aromatic nitrogens is 5. The lowest BCUT2D eigenvalue weighted by Gasteiger charge is -2.39. The lowest BCUT2D eigenvalue weighted by atomic mass is 9.89. The number of piperidine rings is 1. The van der Waals surface area contributed by atoms with Gasteiger partial charge in [0, 0.05) is 56.1 Å². The molecule has 12 nitrogen and oxygen atoms in total. The summed E-state index contributed by atoms with van der Waals surface area (Å²) >= 11 is 0. The Bertz CT molecular complexity index is 1240. The molecule has 3 aromatic rings. The standard InChI is InChI=1S/C24H34N8O4/c1-24(2,3)36-23(35)31-14-15(6-7-19(31)22(34)26-8-5-9-33)18-10-20(25)32-21(29-18)17(12-28-32)16-11-27-30(4)13-16/h10-13,15,19,33H,5-9,14,25H2,1-4H3,(H,26,34). The number of carbonyl (C=O) groups excluding carboxylic acids is 2. The van der Waals surface area contributed by atoms with Gasteiger partial charge in [0.15, 0.2) is 5.65 Å². The fraction of sp³-hybridized carbons (Fsp3) is 0.542. The van der Waals surface area contributed by atoms with E-state index in [-0.39, 0.29) is 25.0 Å². The monoisotopic (exact) mass is 498 g/mol. The Kier molecular flexibility index (Phi) is 7.16. The van der Waals surface area contributed by atoms with Gasteiger partial charge in [0.25, 0.3) is 0 Å². The number of rotatable bonds is 6. The van der Waals surface area contributed by atoms with Crippen LogP contribution in [-0.2, 0) is 16.6 Å². The zero-order valence-corrected chi connectivity index (χ0v) is 21.1. The Morgan fingerprint density at radius 3 is 2.69 bits per heavy atom. The quantitative estimate of drug-likeness (QED) is 0.434. The zero-order valence-electron chi connectivity index (χ0n) is 21.1. The van der Waals surface area contributed by atoms with Gasteiger partial charge in [-0.3, -0.25) is 14.4 Å². The molecule has 4 rings (SSSR count). The van der Waals surface area contributed by atoms with Crippen molar-refractivity contribution in [2.45, 2.75) is 57.6 Å². The third-order valence-corrected chi connectivity index (χ3v) is 6.10. The van der Waals surface area contributed by atoms with Gasteiger partial charge in [-0.15, -0.1) is 0 Å². The Balaban J connectivity index is 1.63. The third kappa shape index (κ3) is 5.43. The van der Waals surface area contributed by atoms with Gasteiger partial charge in [0.1, 0.15) is 17.5 Å². The first kappa shape index (κ1) is 25.4. The molecule has 0 aromatic carbocycles. The lowest BCUT2D eigenvalue weighted by molar-refractivity contribution is -0.127. The van der Waals surface area contributed by atoms with Crippen LogP contribution < -0.4 is 11.1 Å². The van der Waals surface area contributed by atoms with Gasteiger partial charge in [-0.1, -0.05) is 0 Å². The average molecular weight is 499 g/mol. The van der Waals surface area contributed by atoms with Gasteiger partial charge in [0.05, 0.1) is 18.1 Å². The highest BCUT2D eigenvalue weighted by atomic mass is 16.6. The predicted molar refractivity (Wildman–Crippen MR) is 133 cm³/mol. The summed E-state index contributed by atoms with van der Waals surface area (Å²) in [5, 5.41) is 20.5. The molecule has 1 aliphatic heterocycles. The summed E-state index contributed by atoms with van der Waals surface area (Å²) in [5.41, 5.74) is 8.62. The Morgan fingerprint density at radius 1 is 1.25 bits per heavy atom. The van der Waals surface area contributed by atoms with Crippen LogP contribution >= 0.6 is 0 Å². The molecule has 0 aliphatic carbocycles. The third-order valence-electron chi connectivity index (χ3n) is 6.10. The van der Waals surface area contributed by atoms with Crippen molar-refractivity contribution in [3.63, 3.8) is 0 Å². The molecule has 0 spiro atoms. The second-order valence-electron chi connectivity index (χ2n) is 10.1. The van der Waals surface area contributed by atoms with Gasteiger partial charge in [-0.05, 0) is 40.0 Å². The molecule has 4 N–H and O–H groups in total. The summed E-state index contributed by atoms with van der Waals surface area (Å²) in [7, 11) is 1.84. The van der Waals surface area contributed by atoms with Crippen LogP contribution in [-0.4, -0.2) is 77.7 Å². The normalized spacial score (nSPS) is 18.4. The van der Waals surface area contributed by atoms with E-state index in [0.717, 1.165) is 16.8 Å². The first-order valence-electron chi connectivity index (χ1n) is 12.1. The lowest BCUT2D eigenvalue weighted by Crippen LogP contribution is -2.54. The molecule has 4 heterocycles. The molecule has 0 radical (unpaired) electrons. The van der Waals surface area contributed by atoms with Crippen LogP contribution in [0.25, 0.3) is 16.8 Å². The maximum Gasteiger partial charge on any atom is 0.410 e. The van der Waals surface area contributed by atoms with Crippen molar-refractivity contribution >= 4 is 23.5 Å². The van der Waals surface area contributed by atoms with Gasteiger partial charge in [-0.2, -0.15) is 14.7 Å². The molecule has 36 heavy (non-hydrogen) atoms. The number of aryl methyl sites for hydroxylation is 1. The molecule has 2 unspecified atom stereocenters. The molecule has 12 heteroatoms. The second-order valence-corrected chi connectivity index (χ2v) is 10.1. The molecule has 1 fully saturated rings. The minimum Gasteiger partial charge on any atom is -0.444 e. The van der Waals surface area contributed by atoms with Crippen LogP contribution in [0.3, 0.4) is 0 Å². The molecule has 3 aromatic heterocycles. The zero-order chi connectivity index (χ0) is 26.0. The number of amides is 2. The summed E-state index contributed by atoms with van der Waals surface area (Å²) in [6.07, 6.45) is 6.30. The average Bonchev–Trinajstić information content (AvgIpc) is 3.44. The minimum absolute atomic E-state index is 0.0198. The Hall–Kier alpha value is -3.67. The summed E-state index contributed by atoms with van der Waals surface area (Å²) in [5.74, 6) is 0.0196. The summed E-state index contributed by atoms with van der Waals surface area (Å²) < 4.78 is 8.91. The fourth-order valence-electron chi connectivity index (χ4n) is 4.39. The van der Waals surface area contributed by atoms with Crippen LogP contribution in [0.4, 0.5) is 10.6 Å². The molecule has 0 saturated carbocycles. The molecule has 2 amide bonds. The maximum absolute atomic E-state index is 13.1. The van der Waals surface area contributed by atoms with Crippen molar-refractivity contribution in [2.24, 2.45) is 7.05 Å². The number of nitrogens with one attached hydrogen (secondary N) is 1. The van der Waals surface area contributed by atoms with Crippen molar-refractivity contribution in [3.05, 3.63) is 30.4 Å². The van der Waals surface area contributed by atoms with Crippen LogP contribution in [0.5, 0.6) is 0 Å². The fourth-order valence-corrected chi connectivity index (χ4v) is 4.39. The number of aliphatic hydroxyl groups excluding tert-OH is 1. The number of nitrogens with zero attached hydrogens (tertiary/aromatic N) is 6. The highest BCUT2D eigenvalue weighted by molar-refractivity contribution is 5.86. The van der Waals surface area contributed by atoms with Gasteiger partial charge < -0.3 is 20.9 Å². The number of anilines is 1. The van der Waals surface area contributed by atoms with E-state index in [1.165, 1.54) is 4.90 Å². The summed E-state index contributed by atoms with van der Waals surface area (Å²) in [6, 6.07) is 1.10. The number of hydrogen-bond donors (Lipinski definition) is 3. The van der Waals surface area contributed by atoms with Crippen molar-refractivity contribution in [3.8, 4) is 11.1 Å². The van der Waals surface area contributed by atoms with E-state index in [9.17, 15) is 9.59 Å². The summed E-state index contributed by atoms with van der Waals surface area (Å²) in [4.78, 5) is 32.4. The predicted octanol–water partition coefficient (Wildman–Crippen LogP) is 1.69. The van der Waals surface area contributed by atoms with E-state index >= 15 is 0 Å². The molecule has 1 aliphatic rings. The van der Waals surface area contributed by atoms with E-state index in [0.29, 0.717) is 37.3 Å². The highest BCUT2D eigenvalue weighted by Gasteiger charge is 2.39. The molecule has 2 atom stereocenters. The molecular weight excluding hydrogens is 464 g/mol. The van der Waals surface area contributed by atoms with Crippen molar-refractivity contribution in [2.75, 3.05) is 25.4 Å². The topological polar surface area (TPSA) is 153 Å². The van der Waals surface area contributed by atoms with Gasteiger partial charge >= 0.3 is 6.09 Å². The van der Waals surface area contributed by atoms with Gasteiger partial charge in [0.2, 0.25) is 5.91 Å². The van der Waals surface area contributed by atoms with Crippen LogP contribution in [0.15, 0.2) is 24.7 Å². The number of hydrogen-bond acceptors (Lipinski definition) is 8. The number of nitrogens with two attached hydrogens (primary N) is 1. The Labute approximate surface area is 209 Å². The van der Waals surface area contributed by atoms with Crippen molar-refractivity contribution in [1.82, 2.24) is 34.6 Å². The molecular formula is C24H34N8O4. The minimum atomic E-state index is -0.709. The number of fused-ring (bicyclic) bond motifs is 1. The number of ether oxygens (including phenoxy) is 1. The van der Waals surface area contributed by atoms with Crippen LogP contribution in [0, 0.1) is 0 Å². The molecule has 0 bridgehead atoms. The Morgan fingerprint density at radius 2 is 2.03 bits per heavy atom. The van der Waals surface area contributed by atoms with E-state index in [2.05, 4.69) is 15.5 Å². The first-order chi connectivity index (χ1) is 17.1. The summed E-state index contributed by atoms with van der Waals surface area (Å²) in [6.45, 7) is 5.94. The highest BCUT2D eigenvalue weighted by Crippen LogP contribution is 2.33. The smallest absolute Gasteiger partial charge is 0.410 e. The SMILES string of the molecule is Cn1cc(-c2cnn3c(N)cc(C4CCC(C(=O)NCCCO)N(C(=O)OC(C)(C)C)C4)nc23)cn1. The maximum atomic E-state index is 13.1. The number of likely N-dealkylation sites (tertiary alicyclic amines) is 1. The second kappa shape index (κ2) is 10.1. The van der Waals surface area contributed by atoms with E-state index in [4.69, 9.17) is 20.6 Å². The van der Waals surface area contributed by atoms with Crippen molar-refractivity contribution < 1.29 is 19.4 Å². The van der Waals surface area contributed by atoms with Crippen LogP contribution in [0.1, 0.15) is 51.6 Å². The largest absolute Gasteiger partial charge is 0.444 e.